The molecule has 10 N–H and O–H groups in total. The molecular formula is C18H33N5O8. The van der Waals surface area contributed by atoms with Gasteiger partial charge in [0, 0.05) is 6.42 Å². The van der Waals surface area contributed by atoms with Crippen LogP contribution in [0.15, 0.2) is 0 Å². The minimum atomic E-state index is -1.45. The molecule has 0 aromatic heterocycles. The zero-order valence-electron chi connectivity index (χ0n) is 17.8. The van der Waals surface area contributed by atoms with Gasteiger partial charge >= 0.3 is 5.97 Å². The molecule has 0 spiro atoms. The number of nitrogens with one attached hydrogen (secondary N) is 3. The lowest BCUT2D eigenvalue weighted by atomic mass is 10.0. The number of rotatable bonds is 14. The summed E-state index contributed by atoms with van der Waals surface area (Å²) in [7, 11) is 0. The summed E-state index contributed by atoms with van der Waals surface area (Å²) in [5, 5.41) is 34.8. The van der Waals surface area contributed by atoms with Crippen molar-refractivity contribution in [3.8, 4) is 0 Å². The summed E-state index contributed by atoms with van der Waals surface area (Å²) in [5.41, 5.74) is 10.5. The molecule has 0 aromatic rings. The highest BCUT2D eigenvalue weighted by molar-refractivity contribution is 5.94. The normalized spacial score (nSPS) is 15.8. The molecule has 0 aliphatic heterocycles. The number of amides is 4. The van der Waals surface area contributed by atoms with E-state index < -0.39 is 66.5 Å². The highest BCUT2D eigenvalue weighted by atomic mass is 16.4. The average molecular weight is 447 g/mol. The standard InChI is InChI=1S/C18H33N5O8/c1-8(2)6-11(15(27)21-10(18(30)31)4-5-13(19)26)22-16(28)12(7-24)23-17(29)14(20)9(3)25/h8-12,14,24-25H,4-7,20H2,1-3H3,(H2,19,26)(H,21,27)(H,22,28)(H,23,29)(H,30,31). The van der Waals surface area contributed by atoms with Crippen LogP contribution in [0.4, 0.5) is 0 Å². The number of carbonyl (C=O) groups excluding carboxylic acids is 4. The van der Waals surface area contributed by atoms with Crippen molar-refractivity contribution in [3.63, 3.8) is 0 Å². The molecule has 0 bridgehead atoms. The number of aliphatic carboxylic acids is 1. The number of carbonyl (C=O) groups is 5. The van der Waals surface area contributed by atoms with Crippen molar-refractivity contribution < 1.29 is 39.3 Å². The van der Waals surface area contributed by atoms with Gasteiger partial charge in [-0.3, -0.25) is 19.2 Å². The van der Waals surface area contributed by atoms with Crippen molar-refractivity contribution in [2.24, 2.45) is 17.4 Å². The van der Waals surface area contributed by atoms with Crippen LogP contribution in [0.25, 0.3) is 0 Å². The zero-order valence-corrected chi connectivity index (χ0v) is 17.8. The fourth-order valence-electron chi connectivity index (χ4n) is 2.47. The summed E-state index contributed by atoms with van der Waals surface area (Å²) >= 11 is 0. The van der Waals surface area contributed by atoms with Crippen molar-refractivity contribution in [3.05, 3.63) is 0 Å². The number of hydrogen-bond acceptors (Lipinski definition) is 8. The molecule has 0 saturated heterocycles. The first-order valence-corrected chi connectivity index (χ1v) is 9.76. The Morgan fingerprint density at radius 1 is 0.871 bits per heavy atom. The highest BCUT2D eigenvalue weighted by Crippen LogP contribution is 2.07. The second-order valence-electron chi connectivity index (χ2n) is 7.61. The predicted octanol–water partition coefficient (Wildman–Crippen LogP) is -3.46. The van der Waals surface area contributed by atoms with Gasteiger partial charge in [0.2, 0.25) is 23.6 Å². The molecule has 0 heterocycles. The zero-order chi connectivity index (χ0) is 24.3. The molecule has 0 fully saturated rings. The molecule has 0 aliphatic carbocycles. The Hall–Kier alpha value is -2.77. The largest absolute Gasteiger partial charge is 0.480 e. The summed E-state index contributed by atoms with van der Waals surface area (Å²) in [5.74, 6) is -4.80. The minimum Gasteiger partial charge on any atom is -0.480 e. The molecule has 0 radical (unpaired) electrons. The van der Waals surface area contributed by atoms with Gasteiger partial charge in [0.15, 0.2) is 0 Å². The van der Waals surface area contributed by atoms with E-state index in [1.54, 1.807) is 13.8 Å². The summed E-state index contributed by atoms with van der Waals surface area (Å²) in [6.45, 7) is 4.00. The topological polar surface area (TPSA) is 234 Å². The molecule has 13 nitrogen and oxygen atoms in total. The summed E-state index contributed by atoms with van der Waals surface area (Å²) in [4.78, 5) is 59.3. The Morgan fingerprint density at radius 3 is 1.77 bits per heavy atom. The molecule has 31 heavy (non-hydrogen) atoms. The van der Waals surface area contributed by atoms with E-state index in [1.165, 1.54) is 6.92 Å². The molecule has 0 rings (SSSR count). The van der Waals surface area contributed by atoms with Crippen molar-refractivity contribution in [2.45, 2.75) is 70.3 Å². The van der Waals surface area contributed by atoms with Gasteiger partial charge in [0.1, 0.15) is 24.2 Å². The first-order chi connectivity index (χ1) is 14.3. The lowest BCUT2D eigenvalue weighted by Crippen LogP contribution is -2.59. The van der Waals surface area contributed by atoms with Crippen LogP contribution in [0.1, 0.15) is 40.0 Å². The number of carboxylic acids is 1. The number of aliphatic hydroxyl groups excluding tert-OH is 2. The molecule has 0 saturated carbocycles. The maximum Gasteiger partial charge on any atom is 0.326 e. The number of hydrogen-bond donors (Lipinski definition) is 8. The molecular weight excluding hydrogens is 414 g/mol. The number of nitrogens with two attached hydrogens (primary N) is 2. The SMILES string of the molecule is CC(C)CC(NC(=O)C(CO)NC(=O)C(N)C(C)O)C(=O)NC(CCC(N)=O)C(=O)O. The lowest BCUT2D eigenvalue weighted by Gasteiger charge is -2.25. The number of primary amides is 1. The van der Waals surface area contributed by atoms with E-state index in [0.717, 1.165) is 0 Å². The second-order valence-corrected chi connectivity index (χ2v) is 7.61. The van der Waals surface area contributed by atoms with Crippen LogP contribution in [0.5, 0.6) is 0 Å². The molecule has 13 heteroatoms. The third-order valence-electron chi connectivity index (χ3n) is 4.27. The van der Waals surface area contributed by atoms with Crippen LogP contribution in [-0.4, -0.2) is 81.8 Å². The van der Waals surface area contributed by atoms with Crippen LogP contribution < -0.4 is 27.4 Å². The maximum absolute atomic E-state index is 12.6. The van der Waals surface area contributed by atoms with Crippen LogP contribution >= 0.6 is 0 Å². The van der Waals surface area contributed by atoms with Gasteiger partial charge in [-0.2, -0.15) is 0 Å². The fourth-order valence-corrected chi connectivity index (χ4v) is 2.47. The molecule has 5 unspecified atom stereocenters. The van der Waals surface area contributed by atoms with E-state index in [-0.39, 0.29) is 25.2 Å². The van der Waals surface area contributed by atoms with Crippen molar-refractivity contribution in [1.29, 1.82) is 0 Å². The van der Waals surface area contributed by atoms with Gasteiger partial charge in [-0.25, -0.2) is 4.79 Å². The van der Waals surface area contributed by atoms with E-state index in [2.05, 4.69) is 16.0 Å². The Labute approximate surface area is 179 Å². The molecule has 4 amide bonds. The lowest BCUT2D eigenvalue weighted by molar-refractivity contribution is -0.142. The van der Waals surface area contributed by atoms with Crippen molar-refractivity contribution in [1.82, 2.24) is 16.0 Å². The van der Waals surface area contributed by atoms with Crippen molar-refractivity contribution in [2.75, 3.05) is 6.61 Å². The quantitative estimate of drug-likeness (QED) is 0.132. The fraction of sp³-hybridized carbons (Fsp3) is 0.722. The summed E-state index contributed by atoms with van der Waals surface area (Å²) < 4.78 is 0. The molecule has 178 valence electrons. The van der Waals surface area contributed by atoms with E-state index in [9.17, 15) is 39.3 Å². The number of carboxylic acid groups (broad SMARTS) is 1. The third-order valence-corrected chi connectivity index (χ3v) is 4.27. The Morgan fingerprint density at radius 2 is 1.35 bits per heavy atom. The van der Waals surface area contributed by atoms with E-state index in [1.807, 2.05) is 0 Å². The smallest absolute Gasteiger partial charge is 0.326 e. The van der Waals surface area contributed by atoms with E-state index in [4.69, 9.17) is 11.5 Å². The van der Waals surface area contributed by atoms with Gasteiger partial charge < -0.3 is 42.7 Å². The van der Waals surface area contributed by atoms with E-state index in [0.29, 0.717) is 0 Å². The Bertz CT molecular complexity index is 655. The second kappa shape index (κ2) is 13.5. The Kier molecular flexibility index (Phi) is 12.3. The van der Waals surface area contributed by atoms with Gasteiger partial charge in [0.05, 0.1) is 12.7 Å². The van der Waals surface area contributed by atoms with E-state index >= 15 is 0 Å². The first-order valence-electron chi connectivity index (χ1n) is 9.76. The Balaban J connectivity index is 5.29. The first kappa shape index (κ1) is 28.2. The minimum absolute atomic E-state index is 0.0872. The molecule has 0 aliphatic rings. The average Bonchev–Trinajstić information content (AvgIpc) is 2.66. The van der Waals surface area contributed by atoms with Gasteiger partial charge in [-0.15, -0.1) is 0 Å². The van der Waals surface area contributed by atoms with Gasteiger partial charge in [-0.05, 0) is 25.7 Å². The molecule has 0 aromatic carbocycles. The summed E-state index contributed by atoms with van der Waals surface area (Å²) in [6.07, 6.45) is -1.57. The number of aliphatic hydroxyl groups is 2. The van der Waals surface area contributed by atoms with Gasteiger partial charge in [0.25, 0.3) is 0 Å². The monoisotopic (exact) mass is 447 g/mol. The van der Waals surface area contributed by atoms with Crippen LogP contribution in [0, 0.1) is 5.92 Å². The third kappa shape index (κ3) is 10.7. The van der Waals surface area contributed by atoms with Crippen molar-refractivity contribution >= 4 is 29.6 Å². The van der Waals surface area contributed by atoms with Gasteiger partial charge in [-0.1, -0.05) is 13.8 Å². The molecule has 5 atom stereocenters. The maximum atomic E-state index is 12.6. The predicted molar refractivity (Wildman–Crippen MR) is 108 cm³/mol. The van der Waals surface area contributed by atoms with Crippen LogP contribution in [-0.2, 0) is 24.0 Å². The van der Waals surface area contributed by atoms with Crippen LogP contribution in [0.3, 0.4) is 0 Å². The summed E-state index contributed by atoms with van der Waals surface area (Å²) in [6, 6.07) is -5.37. The van der Waals surface area contributed by atoms with Crippen LogP contribution in [0.2, 0.25) is 0 Å². The highest BCUT2D eigenvalue weighted by Gasteiger charge is 2.31.